The maximum absolute atomic E-state index is 11.0. The van der Waals surface area contributed by atoms with Gasteiger partial charge in [-0.3, -0.25) is 9.80 Å². The predicted molar refractivity (Wildman–Crippen MR) is 150 cm³/mol. The molecule has 1 saturated heterocycles. The Morgan fingerprint density at radius 3 is 2.56 bits per heavy atom. The van der Waals surface area contributed by atoms with Crippen LogP contribution in [0.25, 0.3) is 0 Å². The van der Waals surface area contributed by atoms with E-state index >= 15 is 0 Å². The summed E-state index contributed by atoms with van der Waals surface area (Å²) in [6.45, 7) is 8.11. The van der Waals surface area contributed by atoms with E-state index in [1.807, 2.05) is 13.8 Å². The number of benzene rings is 2. The fourth-order valence-electron chi connectivity index (χ4n) is 7.58. The maximum atomic E-state index is 11.0. The van der Waals surface area contributed by atoms with Gasteiger partial charge in [0.15, 0.2) is 29.8 Å². The second-order valence-corrected chi connectivity index (χ2v) is 11.1. The fraction of sp³-hybridized carbons (Fsp3) is 0.516. The van der Waals surface area contributed by atoms with Gasteiger partial charge in [0.05, 0.1) is 31.9 Å². The van der Waals surface area contributed by atoms with Crippen molar-refractivity contribution in [2.24, 2.45) is 0 Å². The lowest BCUT2D eigenvalue weighted by atomic mass is 9.71. The van der Waals surface area contributed by atoms with Crippen molar-refractivity contribution in [3.63, 3.8) is 0 Å². The molecule has 4 aliphatic heterocycles. The Labute approximate surface area is 240 Å². The van der Waals surface area contributed by atoms with Gasteiger partial charge in [0, 0.05) is 41.4 Å². The number of methoxy groups -OCH3 is 2. The summed E-state index contributed by atoms with van der Waals surface area (Å²) in [6, 6.07) is 3.36. The van der Waals surface area contributed by atoms with Gasteiger partial charge in [0.1, 0.15) is 18.4 Å². The first kappa shape index (κ1) is 27.7. The molecule has 0 aromatic heterocycles. The van der Waals surface area contributed by atoms with E-state index in [4.69, 9.17) is 28.4 Å². The molecule has 6 rings (SSSR count). The van der Waals surface area contributed by atoms with E-state index in [1.54, 1.807) is 20.3 Å². The molecule has 1 N–H and O–H groups in total. The molecule has 4 heterocycles. The standard InChI is InChI=1S/C31H37N3O7/c1-7-8-38-28-17(3)29-31(41-15-40-29)25-19(28)11-21-26-24-18(9-16(2)27(37-6)30(24)39-14-36-5)10-20(33(26)4)22(12-32)34(21)23(25)13-35/h7,9,20-23,26,35H,1,8,10-11,13-15H2,2-6H3/t20?,21?,22-,23?,26?/m0/s1. The van der Waals surface area contributed by atoms with Crippen LogP contribution in [0.2, 0.25) is 0 Å². The molecule has 10 nitrogen and oxygen atoms in total. The topological polar surface area (TPSA) is 106 Å². The normalized spacial score (nSPS) is 25.9. The summed E-state index contributed by atoms with van der Waals surface area (Å²) < 4.78 is 35.6. The third-order valence-corrected chi connectivity index (χ3v) is 9.09. The first-order valence-corrected chi connectivity index (χ1v) is 13.9. The minimum atomic E-state index is -0.494. The number of aliphatic hydroxyl groups excluding tert-OH is 1. The smallest absolute Gasteiger partial charge is 0.231 e. The van der Waals surface area contributed by atoms with E-state index in [2.05, 4.69) is 35.6 Å². The molecule has 1 fully saturated rings. The van der Waals surface area contributed by atoms with Crippen LogP contribution < -0.4 is 23.7 Å². The Balaban J connectivity index is 1.60. The van der Waals surface area contributed by atoms with E-state index in [-0.39, 0.29) is 38.3 Å². The second-order valence-electron chi connectivity index (χ2n) is 11.1. The predicted octanol–water partition coefficient (Wildman–Crippen LogP) is 3.35. The van der Waals surface area contributed by atoms with Crippen molar-refractivity contribution in [2.45, 2.75) is 56.9 Å². The number of rotatable bonds is 8. The monoisotopic (exact) mass is 563 g/mol. The van der Waals surface area contributed by atoms with Gasteiger partial charge in [-0.2, -0.15) is 5.26 Å². The number of nitriles is 1. The molecule has 0 amide bonds. The molecule has 0 radical (unpaired) electrons. The van der Waals surface area contributed by atoms with Gasteiger partial charge in [-0.15, -0.1) is 0 Å². The largest absolute Gasteiger partial charge is 0.493 e. The highest BCUT2D eigenvalue weighted by Gasteiger charge is 2.56. The van der Waals surface area contributed by atoms with Crippen LogP contribution in [0, 0.1) is 25.2 Å². The molecule has 41 heavy (non-hydrogen) atoms. The quantitative estimate of drug-likeness (QED) is 0.380. The summed E-state index contributed by atoms with van der Waals surface area (Å²) in [5.41, 5.74) is 5.78. The first-order valence-electron chi connectivity index (χ1n) is 13.9. The van der Waals surface area contributed by atoms with Crippen LogP contribution in [0.15, 0.2) is 18.7 Å². The van der Waals surface area contributed by atoms with Crippen LogP contribution in [0.1, 0.15) is 45.5 Å². The minimum absolute atomic E-state index is 0.0750. The van der Waals surface area contributed by atoms with Gasteiger partial charge in [-0.05, 0) is 44.9 Å². The summed E-state index contributed by atoms with van der Waals surface area (Å²) in [6.07, 6.45) is 2.93. The van der Waals surface area contributed by atoms with Crippen LogP contribution in [-0.4, -0.2) is 81.1 Å². The molecule has 0 spiro atoms. The molecule has 4 aliphatic rings. The highest BCUT2D eigenvalue weighted by atomic mass is 16.7. The molecule has 218 valence electrons. The van der Waals surface area contributed by atoms with Crippen molar-refractivity contribution in [3.05, 3.63) is 52.1 Å². The van der Waals surface area contributed by atoms with Gasteiger partial charge in [0.2, 0.25) is 6.79 Å². The zero-order valence-electron chi connectivity index (χ0n) is 24.2. The van der Waals surface area contributed by atoms with Gasteiger partial charge in [0.25, 0.3) is 0 Å². The zero-order valence-corrected chi connectivity index (χ0v) is 24.2. The summed E-state index contributed by atoms with van der Waals surface area (Å²) in [4.78, 5) is 4.50. The van der Waals surface area contributed by atoms with Crippen molar-refractivity contribution in [1.82, 2.24) is 9.80 Å². The molecule has 2 aromatic rings. The number of piperazine rings is 1. The van der Waals surface area contributed by atoms with E-state index < -0.39 is 12.1 Å². The summed E-state index contributed by atoms with van der Waals surface area (Å²) in [7, 11) is 5.32. The average Bonchev–Trinajstić information content (AvgIpc) is 3.46. The van der Waals surface area contributed by atoms with Crippen molar-refractivity contribution in [3.8, 4) is 34.8 Å². The number of hydrogen-bond donors (Lipinski definition) is 1. The maximum Gasteiger partial charge on any atom is 0.231 e. The number of hydrogen-bond acceptors (Lipinski definition) is 10. The van der Waals surface area contributed by atoms with Crippen LogP contribution in [-0.2, 0) is 17.6 Å². The SMILES string of the molecule is C=CCOc1c(C)c2c(c3c1CC1C4c5c(cc(C)c(OC)c5OCOC)CC([C@H](C#N)N1C3CO)N4C)OCO2. The number of nitrogens with zero attached hydrogens (tertiary/aromatic N) is 3. The van der Waals surface area contributed by atoms with Gasteiger partial charge in [-0.25, -0.2) is 0 Å². The highest BCUT2D eigenvalue weighted by molar-refractivity contribution is 5.66. The lowest BCUT2D eigenvalue weighted by molar-refractivity contribution is -0.0832. The van der Waals surface area contributed by atoms with Gasteiger partial charge < -0.3 is 33.5 Å². The molecule has 0 aliphatic carbocycles. The lowest BCUT2D eigenvalue weighted by Gasteiger charge is -2.59. The van der Waals surface area contributed by atoms with Gasteiger partial charge in [-0.1, -0.05) is 18.7 Å². The van der Waals surface area contributed by atoms with Crippen molar-refractivity contribution in [2.75, 3.05) is 48.1 Å². The summed E-state index contributed by atoms with van der Waals surface area (Å²) >= 11 is 0. The molecular weight excluding hydrogens is 526 g/mol. The number of fused-ring (bicyclic) bond motifs is 9. The average molecular weight is 564 g/mol. The van der Waals surface area contributed by atoms with Crippen LogP contribution >= 0.6 is 0 Å². The Hall–Kier alpha value is -3.49. The molecule has 2 bridgehead atoms. The Kier molecular flexibility index (Phi) is 7.24. The Morgan fingerprint density at radius 2 is 1.88 bits per heavy atom. The summed E-state index contributed by atoms with van der Waals surface area (Å²) in [5.74, 6) is 3.30. The van der Waals surface area contributed by atoms with Crippen LogP contribution in [0.5, 0.6) is 28.7 Å². The third kappa shape index (κ3) is 3.98. The van der Waals surface area contributed by atoms with Crippen molar-refractivity contribution < 1.29 is 33.5 Å². The number of likely N-dealkylation sites (N-methyl/N-ethyl adjacent to an activating group) is 1. The van der Waals surface area contributed by atoms with E-state index in [9.17, 15) is 10.4 Å². The molecule has 0 saturated carbocycles. The Bertz CT molecular complexity index is 1420. The fourth-order valence-corrected chi connectivity index (χ4v) is 7.58. The summed E-state index contributed by atoms with van der Waals surface area (Å²) in [5, 5.41) is 21.6. The molecule has 4 unspecified atom stereocenters. The zero-order chi connectivity index (χ0) is 29.0. The minimum Gasteiger partial charge on any atom is -0.493 e. The first-order chi connectivity index (χ1) is 19.9. The lowest BCUT2D eigenvalue weighted by Crippen LogP contribution is -2.68. The number of aliphatic hydroxyl groups is 1. The number of ether oxygens (including phenoxy) is 6. The van der Waals surface area contributed by atoms with E-state index in [0.717, 1.165) is 33.4 Å². The highest BCUT2D eigenvalue weighted by Crippen LogP contribution is 2.58. The van der Waals surface area contributed by atoms with Gasteiger partial charge >= 0.3 is 0 Å². The molecule has 2 aromatic carbocycles. The van der Waals surface area contributed by atoms with E-state index in [1.165, 1.54) is 0 Å². The second kappa shape index (κ2) is 10.7. The third-order valence-electron chi connectivity index (χ3n) is 9.09. The van der Waals surface area contributed by atoms with Crippen LogP contribution in [0.4, 0.5) is 0 Å². The Morgan fingerprint density at radius 1 is 1.10 bits per heavy atom. The van der Waals surface area contributed by atoms with E-state index in [0.29, 0.717) is 48.2 Å². The van der Waals surface area contributed by atoms with Crippen molar-refractivity contribution >= 4 is 0 Å². The molecule has 5 atom stereocenters. The molecule has 10 heteroatoms. The molecular formula is C31H37N3O7. The van der Waals surface area contributed by atoms with Crippen molar-refractivity contribution in [1.29, 1.82) is 5.26 Å². The number of aryl methyl sites for hydroxylation is 1. The van der Waals surface area contributed by atoms with Crippen LogP contribution in [0.3, 0.4) is 0 Å².